The van der Waals surface area contributed by atoms with Crippen LogP contribution >= 0.6 is 0 Å². The Morgan fingerprint density at radius 2 is 1.76 bits per heavy atom. The van der Waals surface area contributed by atoms with Crippen molar-refractivity contribution >= 4 is 21.9 Å². The van der Waals surface area contributed by atoms with Crippen molar-refractivity contribution in [3.05, 3.63) is 59.7 Å². The molecule has 9 heteroatoms. The summed E-state index contributed by atoms with van der Waals surface area (Å²) < 4.78 is 36.0. The minimum absolute atomic E-state index is 0.0145. The van der Waals surface area contributed by atoms with Gasteiger partial charge in [-0.2, -0.15) is 0 Å². The van der Waals surface area contributed by atoms with Crippen LogP contribution in [-0.4, -0.2) is 51.9 Å². The standard InChI is InChI=1S/C20H24N2O6S/c1-15-7-6-9-17(11-15)27-14-20(24)28-13-19(23)21-12-16-8-4-5-10-18(16)29(25,26)22(2)3/h4-11H,12-14H2,1-3H3,(H,21,23). The molecule has 1 amide bonds. The summed E-state index contributed by atoms with van der Waals surface area (Å²) in [6, 6.07) is 13.6. The van der Waals surface area contributed by atoms with Crippen LogP contribution in [0, 0.1) is 6.92 Å². The van der Waals surface area contributed by atoms with Crippen LogP contribution in [0.5, 0.6) is 5.75 Å². The average Bonchev–Trinajstić information content (AvgIpc) is 2.69. The van der Waals surface area contributed by atoms with Crippen LogP contribution in [0.1, 0.15) is 11.1 Å². The molecule has 2 aromatic carbocycles. The van der Waals surface area contributed by atoms with E-state index in [0.29, 0.717) is 11.3 Å². The number of hydrogen-bond acceptors (Lipinski definition) is 6. The Hall–Kier alpha value is -2.91. The van der Waals surface area contributed by atoms with Gasteiger partial charge in [-0.25, -0.2) is 17.5 Å². The highest BCUT2D eigenvalue weighted by Gasteiger charge is 2.20. The van der Waals surface area contributed by atoms with Crippen LogP contribution in [-0.2, 0) is 30.9 Å². The number of aryl methyl sites for hydroxylation is 1. The Bertz CT molecular complexity index is 972. The Morgan fingerprint density at radius 3 is 2.45 bits per heavy atom. The maximum atomic E-state index is 12.4. The molecular weight excluding hydrogens is 396 g/mol. The van der Waals surface area contributed by atoms with Crippen molar-refractivity contribution in [3.63, 3.8) is 0 Å². The molecule has 0 spiro atoms. The first kappa shape index (κ1) is 22.4. The molecule has 0 fully saturated rings. The second kappa shape index (κ2) is 10.0. The van der Waals surface area contributed by atoms with Gasteiger partial charge < -0.3 is 14.8 Å². The predicted molar refractivity (Wildman–Crippen MR) is 107 cm³/mol. The molecule has 2 aromatic rings. The largest absolute Gasteiger partial charge is 0.482 e. The molecule has 0 saturated carbocycles. The number of rotatable bonds is 9. The zero-order chi connectivity index (χ0) is 21.4. The molecular formula is C20H24N2O6S. The third kappa shape index (κ3) is 6.58. The summed E-state index contributed by atoms with van der Waals surface area (Å²) in [5, 5.41) is 2.55. The molecule has 0 radical (unpaired) electrons. The van der Waals surface area contributed by atoms with Gasteiger partial charge in [-0.15, -0.1) is 0 Å². The van der Waals surface area contributed by atoms with E-state index >= 15 is 0 Å². The Morgan fingerprint density at radius 1 is 1.03 bits per heavy atom. The van der Waals surface area contributed by atoms with Crippen LogP contribution < -0.4 is 10.1 Å². The summed E-state index contributed by atoms with van der Waals surface area (Å²) in [7, 11) is -0.771. The maximum absolute atomic E-state index is 12.4. The van der Waals surface area contributed by atoms with Crippen molar-refractivity contribution in [2.45, 2.75) is 18.4 Å². The molecule has 156 valence electrons. The van der Waals surface area contributed by atoms with Gasteiger partial charge in [0.05, 0.1) is 4.90 Å². The molecule has 0 bridgehead atoms. The van der Waals surface area contributed by atoms with Gasteiger partial charge in [-0.05, 0) is 36.2 Å². The predicted octanol–water partition coefficient (Wildman–Crippen LogP) is 1.48. The number of hydrogen-bond donors (Lipinski definition) is 1. The van der Waals surface area contributed by atoms with Gasteiger partial charge in [0.2, 0.25) is 10.0 Å². The van der Waals surface area contributed by atoms with Crippen LogP contribution in [0.2, 0.25) is 0 Å². The monoisotopic (exact) mass is 420 g/mol. The van der Waals surface area contributed by atoms with Crippen molar-refractivity contribution in [3.8, 4) is 5.75 Å². The molecule has 0 saturated heterocycles. The molecule has 8 nitrogen and oxygen atoms in total. The minimum atomic E-state index is -3.64. The number of esters is 1. The third-order valence-corrected chi connectivity index (χ3v) is 5.83. The van der Waals surface area contributed by atoms with Crippen LogP contribution in [0.4, 0.5) is 0 Å². The highest BCUT2D eigenvalue weighted by molar-refractivity contribution is 7.89. The van der Waals surface area contributed by atoms with E-state index in [1.165, 1.54) is 20.2 Å². The summed E-state index contributed by atoms with van der Waals surface area (Å²) >= 11 is 0. The van der Waals surface area contributed by atoms with Gasteiger partial charge in [-0.3, -0.25) is 4.79 Å². The number of sulfonamides is 1. The second-order valence-electron chi connectivity index (χ2n) is 6.44. The lowest BCUT2D eigenvalue weighted by Gasteiger charge is -2.15. The molecule has 0 aliphatic rings. The highest BCUT2D eigenvalue weighted by atomic mass is 32.2. The van der Waals surface area contributed by atoms with Crippen molar-refractivity contribution in [2.24, 2.45) is 0 Å². The van der Waals surface area contributed by atoms with Crippen LogP contribution in [0.25, 0.3) is 0 Å². The lowest BCUT2D eigenvalue weighted by molar-refractivity contribution is -0.150. The van der Waals surface area contributed by atoms with E-state index in [1.807, 2.05) is 13.0 Å². The lowest BCUT2D eigenvalue weighted by atomic mass is 10.2. The summed E-state index contributed by atoms with van der Waals surface area (Å²) in [4.78, 5) is 23.8. The van der Waals surface area contributed by atoms with Crippen molar-refractivity contribution < 1.29 is 27.5 Å². The summed E-state index contributed by atoms with van der Waals surface area (Å²) in [6.45, 7) is 1.08. The van der Waals surface area contributed by atoms with E-state index < -0.39 is 28.5 Å². The number of carbonyl (C=O) groups is 2. The molecule has 0 unspecified atom stereocenters. The highest BCUT2D eigenvalue weighted by Crippen LogP contribution is 2.18. The van der Waals surface area contributed by atoms with E-state index in [9.17, 15) is 18.0 Å². The van der Waals surface area contributed by atoms with E-state index in [0.717, 1.165) is 9.87 Å². The van der Waals surface area contributed by atoms with Gasteiger partial charge in [0.15, 0.2) is 13.2 Å². The zero-order valence-corrected chi connectivity index (χ0v) is 17.4. The smallest absolute Gasteiger partial charge is 0.344 e. The fourth-order valence-corrected chi connectivity index (χ4v) is 3.49. The molecule has 1 N–H and O–H groups in total. The molecule has 0 aliphatic heterocycles. The molecule has 2 rings (SSSR count). The number of benzene rings is 2. The number of nitrogens with zero attached hydrogens (tertiary/aromatic N) is 1. The van der Waals surface area contributed by atoms with Gasteiger partial charge in [0.25, 0.3) is 5.91 Å². The number of ether oxygens (including phenoxy) is 2. The van der Waals surface area contributed by atoms with Crippen molar-refractivity contribution in [1.82, 2.24) is 9.62 Å². The molecule has 0 aromatic heterocycles. The summed E-state index contributed by atoms with van der Waals surface area (Å²) in [6.07, 6.45) is 0. The van der Waals surface area contributed by atoms with Crippen molar-refractivity contribution in [1.29, 1.82) is 0 Å². The van der Waals surface area contributed by atoms with Gasteiger partial charge in [0.1, 0.15) is 5.75 Å². The molecule has 0 heterocycles. The van der Waals surface area contributed by atoms with Crippen LogP contribution in [0.3, 0.4) is 0 Å². The molecule has 0 aliphatic carbocycles. The number of nitrogens with one attached hydrogen (secondary N) is 1. The number of carbonyl (C=O) groups excluding carboxylic acids is 2. The summed E-state index contributed by atoms with van der Waals surface area (Å²) in [5.41, 5.74) is 1.43. The normalized spacial score (nSPS) is 11.2. The second-order valence-corrected chi connectivity index (χ2v) is 8.56. The zero-order valence-electron chi connectivity index (χ0n) is 16.5. The fourth-order valence-electron chi connectivity index (χ4n) is 2.38. The SMILES string of the molecule is Cc1cccc(OCC(=O)OCC(=O)NCc2ccccc2S(=O)(=O)N(C)C)c1. The molecule has 29 heavy (non-hydrogen) atoms. The Labute approximate surface area is 170 Å². The minimum Gasteiger partial charge on any atom is -0.482 e. The topological polar surface area (TPSA) is 102 Å². The van der Waals surface area contributed by atoms with Crippen molar-refractivity contribution in [2.75, 3.05) is 27.3 Å². The maximum Gasteiger partial charge on any atom is 0.344 e. The third-order valence-electron chi connectivity index (χ3n) is 3.92. The average molecular weight is 420 g/mol. The van der Waals surface area contributed by atoms with Crippen LogP contribution in [0.15, 0.2) is 53.4 Å². The first-order valence-electron chi connectivity index (χ1n) is 8.82. The fraction of sp³-hybridized carbons (Fsp3) is 0.300. The lowest BCUT2D eigenvalue weighted by Crippen LogP contribution is -2.30. The Balaban J connectivity index is 1.83. The first-order valence-corrected chi connectivity index (χ1v) is 10.3. The van der Waals surface area contributed by atoms with Gasteiger partial charge in [0, 0.05) is 20.6 Å². The summed E-state index contributed by atoms with van der Waals surface area (Å²) in [5.74, 6) is -0.701. The van der Waals surface area contributed by atoms with Gasteiger partial charge >= 0.3 is 5.97 Å². The van der Waals surface area contributed by atoms with E-state index in [1.54, 1.807) is 36.4 Å². The Kier molecular flexibility index (Phi) is 7.74. The van der Waals surface area contributed by atoms with Gasteiger partial charge in [-0.1, -0.05) is 30.3 Å². The number of amides is 1. The van der Waals surface area contributed by atoms with E-state index in [2.05, 4.69) is 5.32 Å². The first-order chi connectivity index (χ1) is 13.7. The quantitative estimate of drug-likeness (QED) is 0.617. The van der Waals surface area contributed by atoms with E-state index in [-0.39, 0.29) is 18.0 Å². The van der Waals surface area contributed by atoms with E-state index in [4.69, 9.17) is 9.47 Å². The molecule has 0 atom stereocenters.